The molecule has 2 rings (SSSR count). The van der Waals surface area contributed by atoms with Crippen molar-refractivity contribution < 1.29 is 25.0 Å². The lowest BCUT2D eigenvalue weighted by molar-refractivity contribution is 0.385. The van der Waals surface area contributed by atoms with E-state index in [4.69, 9.17) is 0 Å². The van der Waals surface area contributed by atoms with E-state index in [1.807, 2.05) is 0 Å². The van der Waals surface area contributed by atoms with Crippen LogP contribution in [0.25, 0.3) is 0 Å². The van der Waals surface area contributed by atoms with Gasteiger partial charge in [-0.2, -0.15) is 15.9 Å². The zero-order valence-corrected chi connectivity index (χ0v) is 11.3. The summed E-state index contributed by atoms with van der Waals surface area (Å²) in [5, 5.41) is 0. The quantitative estimate of drug-likeness (QED) is 0.419. The van der Waals surface area contributed by atoms with Gasteiger partial charge in [0.2, 0.25) is 0 Å². The average molecular weight is 318 g/mol. The Bertz CT molecular complexity index is 245. The number of hydrogen-bond donors (Lipinski definition) is 0. The minimum absolute atomic E-state index is 0.679. The lowest BCUT2D eigenvalue weighted by Gasteiger charge is -2.23. The van der Waals surface area contributed by atoms with Crippen molar-refractivity contribution in [3.8, 4) is 0 Å². The third kappa shape index (κ3) is 3.01. The van der Waals surface area contributed by atoms with E-state index < -0.39 is 13.6 Å². The average Bonchev–Trinajstić information content (AvgIpc) is 1.98. The molecule has 0 aromatic heterocycles. The maximum atomic E-state index is 11.1. The molecule has 0 bridgehead atoms. The van der Waals surface area contributed by atoms with Gasteiger partial charge >= 0.3 is 13.6 Å². The van der Waals surface area contributed by atoms with Crippen LogP contribution in [0.3, 0.4) is 0 Å². The van der Waals surface area contributed by atoms with Gasteiger partial charge in [-0.25, -0.2) is 9.13 Å². The molecule has 0 radical (unpaired) electrons. The van der Waals surface area contributed by atoms with Gasteiger partial charge in [0.15, 0.2) is 24.6 Å². The van der Waals surface area contributed by atoms with Crippen LogP contribution in [0, 0.1) is 0 Å². The maximum Gasteiger partial charge on any atom is 0.426 e. The van der Waals surface area contributed by atoms with Gasteiger partial charge in [0.05, 0.1) is 0 Å². The summed E-state index contributed by atoms with van der Waals surface area (Å²) in [5.74, 6) is 0. The molecule has 2 aliphatic heterocycles. The summed E-state index contributed by atoms with van der Waals surface area (Å²) < 4.78 is 40.6. The van der Waals surface area contributed by atoms with E-state index in [-0.39, 0.29) is 0 Å². The van der Waals surface area contributed by atoms with Crippen molar-refractivity contribution in [2.75, 3.05) is 0 Å². The first-order valence-corrected chi connectivity index (χ1v) is 11.6. The predicted molar refractivity (Wildman–Crippen MR) is 57.5 cm³/mol. The maximum absolute atomic E-state index is 11.1. The molecule has 2 heterocycles. The zero-order chi connectivity index (χ0) is 9.36. The van der Waals surface area contributed by atoms with E-state index in [1.54, 1.807) is 0 Å². The smallest absolute Gasteiger partial charge is 0.244 e. The van der Waals surface area contributed by atoms with Gasteiger partial charge in [-0.3, -0.25) is 0 Å². The summed E-state index contributed by atoms with van der Waals surface area (Å²) in [6.07, 6.45) is 0. The van der Waals surface area contributed by atoms with E-state index in [0.29, 0.717) is 24.6 Å². The van der Waals surface area contributed by atoms with E-state index in [2.05, 4.69) is 15.9 Å². The first-order valence-electron chi connectivity index (χ1n) is 2.46. The van der Waals surface area contributed by atoms with Gasteiger partial charge in [0.25, 0.3) is 0 Å². The summed E-state index contributed by atoms with van der Waals surface area (Å²) in [6, 6.07) is 0. The fourth-order valence-electron chi connectivity index (χ4n) is 0.298. The first-order chi connectivity index (χ1) is 6.12. The van der Waals surface area contributed by atoms with Crippen LogP contribution in [0.2, 0.25) is 0 Å². The highest BCUT2D eigenvalue weighted by Crippen LogP contribution is 2.84. The van der Waals surface area contributed by atoms with Crippen LogP contribution in [0.15, 0.2) is 0 Å². The van der Waals surface area contributed by atoms with Crippen molar-refractivity contribution in [1.29, 1.82) is 0 Å². The summed E-state index contributed by atoms with van der Waals surface area (Å²) >= 11 is 1.36. The normalized spacial score (nSPS) is 28.9. The molecule has 0 aliphatic carbocycles. The van der Waals surface area contributed by atoms with Gasteiger partial charge in [0, 0.05) is 20.8 Å². The highest BCUT2D eigenvalue weighted by Gasteiger charge is 2.43. The Morgan fingerprint density at radius 3 is 1.46 bits per heavy atom. The Balaban J connectivity index is 1.69. The van der Waals surface area contributed by atoms with Gasteiger partial charge in [-0.05, 0) is 9.83 Å². The Morgan fingerprint density at radius 2 is 1.23 bits per heavy atom. The number of rotatable bonds is 4. The molecule has 2 saturated heterocycles. The highest BCUT2D eigenvalue weighted by atomic mass is 33.7. The van der Waals surface area contributed by atoms with Crippen molar-refractivity contribution in [1.82, 2.24) is 0 Å². The van der Waals surface area contributed by atoms with Gasteiger partial charge < -0.3 is 0 Å². The lowest BCUT2D eigenvalue weighted by Crippen LogP contribution is -1.90. The molecule has 76 valence electrons. The zero-order valence-electron chi connectivity index (χ0n) is 5.39. The fourth-order valence-corrected chi connectivity index (χ4v) is 15.7. The molecule has 0 atom stereocenters. The molecule has 13 heteroatoms. The van der Waals surface area contributed by atoms with Gasteiger partial charge in [-0.15, -0.1) is 0 Å². The molecule has 0 aromatic carbocycles. The molecule has 0 spiro atoms. The number of hydrogen-bond acceptors (Lipinski definition) is 11. The van der Waals surface area contributed by atoms with E-state index >= 15 is 0 Å². The Kier molecular flexibility index (Phi) is 4.00. The molecule has 0 N–H and O–H groups in total. The van der Waals surface area contributed by atoms with Crippen LogP contribution in [0.1, 0.15) is 0 Å². The fraction of sp³-hybridized carbons (Fsp3) is 0. The molecule has 2 fully saturated rings. The summed E-state index contributed by atoms with van der Waals surface area (Å²) in [7, 11) is 2.74. The molecule has 0 saturated carbocycles. The van der Waals surface area contributed by atoms with E-state index in [9.17, 15) is 9.13 Å². The minimum atomic E-state index is -2.98. The molecule has 0 unspecified atom stereocenters. The van der Waals surface area contributed by atoms with Crippen molar-refractivity contribution >= 4 is 68.9 Å². The molecule has 13 heavy (non-hydrogen) atoms. The third-order valence-electron chi connectivity index (χ3n) is 0.730. The Hall–Kier alpha value is 2.05. The van der Waals surface area contributed by atoms with Crippen LogP contribution in [0.5, 0.6) is 0 Å². The molecule has 2 aliphatic rings. The summed E-state index contributed by atoms with van der Waals surface area (Å²) in [6.45, 7) is -5.97. The van der Waals surface area contributed by atoms with Crippen molar-refractivity contribution in [2.24, 2.45) is 0 Å². The lowest BCUT2D eigenvalue weighted by atomic mass is 15.7. The predicted octanol–water partition coefficient (Wildman–Crippen LogP) is 4.45. The van der Waals surface area contributed by atoms with Crippen LogP contribution < -0.4 is 0 Å². The highest BCUT2D eigenvalue weighted by molar-refractivity contribution is 9.28. The van der Waals surface area contributed by atoms with Crippen molar-refractivity contribution in [2.45, 2.75) is 0 Å². The van der Waals surface area contributed by atoms with Gasteiger partial charge in [0.1, 0.15) is 0 Å². The van der Waals surface area contributed by atoms with E-state index in [1.165, 1.54) is 0 Å². The Morgan fingerprint density at radius 1 is 0.846 bits per heavy atom. The van der Waals surface area contributed by atoms with Crippen LogP contribution >= 0.6 is 68.9 Å². The Labute approximate surface area is 93.5 Å². The standard InChI is InChI=1S/O6P2S5/c1-7(3-9-4-7)11-13-12-8(2)5-10-6-8. The topological polar surface area (TPSA) is 71.1 Å². The van der Waals surface area contributed by atoms with Crippen LogP contribution in [-0.2, 0) is 25.0 Å². The monoisotopic (exact) mass is 318 g/mol. The molecular weight excluding hydrogens is 318 g/mol. The summed E-state index contributed by atoms with van der Waals surface area (Å²) in [4.78, 5) is 0. The second kappa shape index (κ2) is 4.50. The first kappa shape index (κ1) is 11.5. The molecule has 6 nitrogen and oxygen atoms in total. The third-order valence-corrected chi connectivity index (χ3v) is 16.4. The van der Waals surface area contributed by atoms with Crippen LogP contribution in [-0.4, -0.2) is 0 Å². The van der Waals surface area contributed by atoms with Crippen LogP contribution in [0.4, 0.5) is 0 Å². The second-order valence-corrected chi connectivity index (χ2v) is 14.3. The van der Waals surface area contributed by atoms with E-state index in [0.717, 1.165) is 30.7 Å². The van der Waals surface area contributed by atoms with Crippen molar-refractivity contribution in [3.63, 3.8) is 0 Å². The summed E-state index contributed by atoms with van der Waals surface area (Å²) in [5.41, 5.74) is 0. The van der Waals surface area contributed by atoms with Crippen molar-refractivity contribution in [3.05, 3.63) is 0 Å². The SMILES string of the molecule is O=P1(SSSP2(=O)OSO2)OSO1. The molecule has 0 amide bonds. The minimum Gasteiger partial charge on any atom is -0.244 e. The molecule has 0 aromatic rings. The molecular formula is O6P2S5. The second-order valence-electron chi connectivity index (χ2n) is 1.55. The van der Waals surface area contributed by atoms with Gasteiger partial charge in [-0.1, -0.05) is 0 Å². The largest absolute Gasteiger partial charge is 0.426 e.